The van der Waals surface area contributed by atoms with Gasteiger partial charge in [-0.05, 0) is 55.4 Å². The summed E-state index contributed by atoms with van der Waals surface area (Å²) in [5.74, 6) is 4.40. The minimum absolute atomic E-state index is 0.281. The first-order valence-corrected chi connectivity index (χ1v) is 10.4. The van der Waals surface area contributed by atoms with Crippen LogP contribution in [0.25, 0.3) is 0 Å². The quantitative estimate of drug-likeness (QED) is 0.774. The number of fused-ring (bicyclic) bond motifs is 4. The summed E-state index contributed by atoms with van der Waals surface area (Å²) in [7, 11) is 0. The van der Waals surface area contributed by atoms with Crippen LogP contribution in [0.3, 0.4) is 0 Å². The number of allylic oxidation sites excluding steroid dienone is 1. The van der Waals surface area contributed by atoms with E-state index in [0.717, 1.165) is 31.6 Å². The molecule has 0 aromatic heterocycles. The van der Waals surface area contributed by atoms with E-state index in [2.05, 4.69) is 23.3 Å². The van der Waals surface area contributed by atoms with Gasteiger partial charge in [0.1, 0.15) is 5.76 Å². The SMILES string of the molecule is [2H]C([2H])([2H])C1=NC2OC3=C([C@@H]4NCC=C5SCC(C)C54)CCC[C@H]3C2CC1. The van der Waals surface area contributed by atoms with Gasteiger partial charge in [-0.3, -0.25) is 4.99 Å². The summed E-state index contributed by atoms with van der Waals surface area (Å²) in [6.07, 6.45) is 7.02. The second kappa shape index (κ2) is 5.91. The van der Waals surface area contributed by atoms with Gasteiger partial charge in [-0.1, -0.05) is 13.0 Å². The summed E-state index contributed by atoms with van der Waals surface area (Å²) in [6, 6.07) is 0.374. The van der Waals surface area contributed by atoms with E-state index in [1.54, 1.807) is 4.91 Å². The van der Waals surface area contributed by atoms with Gasteiger partial charge in [-0.2, -0.15) is 0 Å². The predicted molar refractivity (Wildman–Crippen MR) is 100 cm³/mol. The molecule has 0 aromatic rings. The molecule has 0 saturated carbocycles. The van der Waals surface area contributed by atoms with Crippen LogP contribution >= 0.6 is 11.8 Å². The number of aliphatic imine (C=N–C) groups is 1. The molecular weight excluding hydrogens is 316 g/mol. The Balaban J connectivity index is 1.48. The third-order valence-corrected chi connectivity index (χ3v) is 8.04. The fraction of sp³-hybridized carbons (Fsp3) is 0.750. The zero-order valence-electron chi connectivity index (χ0n) is 17.3. The second-order valence-corrected chi connectivity index (χ2v) is 9.07. The Morgan fingerprint density at radius 2 is 2.33 bits per heavy atom. The number of hydrogen-bond donors (Lipinski definition) is 1. The molecule has 5 rings (SSSR count). The van der Waals surface area contributed by atoms with Gasteiger partial charge in [0.05, 0.1) is 0 Å². The fourth-order valence-electron chi connectivity index (χ4n) is 5.44. The number of rotatable bonds is 1. The molecule has 1 N–H and O–H groups in total. The van der Waals surface area contributed by atoms with Gasteiger partial charge in [0.15, 0.2) is 6.23 Å². The maximum atomic E-state index is 7.70. The standard InChI is InChI=1S/C20H28N2OS/c1-11-10-24-16-8-9-21-18(17(11)16)15-5-3-4-13-14-7-6-12(2)22-20(14)23-19(13)15/h8,11,13-14,17-18,20-21H,3-7,9-10H2,1-2H3/t11?,13-,14?,17?,18-,20?/m0/s1/i2D3. The van der Waals surface area contributed by atoms with Crippen LogP contribution in [-0.2, 0) is 4.74 Å². The summed E-state index contributed by atoms with van der Waals surface area (Å²) in [5.41, 5.74) is 1.81. The molecule has 4 aliphatic heterocycles. The van der Waals surface area contributed by atoms with Gasteiger partial charge in [0, 0.05) is 45.9 Å². The largest absolute Gasteiger partial charge is 0.472 e. The highest BCUT2D eigenvalue weighted by molar-refractivity contribution is 8.03. The minimum atomic E-state index is -2.08. The molecule has 4 unspecified atom stereocenters. The van der Waals surface area contributed by atoms with E-state index in [9.17, 15) is 0 Å². The average Bonchev–Trinajstić information content (AvgIpc) is 3.21. The van der Waals surface area contributed by atoms with Crippen molar-refractivity contribution in [2.45, 2.75) is 58.1 Å². The van der Waals surface area contributed by atoms with Crippen molar-refractivity contribution in [3.05, 3.63) is 22.3 Å². The summed E-state index contributed by atoms with van der Waals surface area (Å²) in [4.78, 5) is 6.12. The first kappa shape index (κ1) is 12.6. The van der Waals surface area contributed by atoms with Crippen LogP contribution in [0.1, 0.15) is 50.0 Å². The molecule has 0 spiro atoms. The molecule has 0 amide bonds. The highest BCUT2D eigenvalue weighted by Crippen LogP contribution is 2.52. The maximum absolute atomic E-state index is 7.70. The first-order valence-electron chi connectivity index (χ1n) is 11.0. The monoisotopic (exact) mass is 347 g/mol. The highest BCUT2D eigenvalue weighted by Gasteiger charge is 2.48. The second-order valence-electron chi connectivity index (χ2n) is 7.98. The maximum Gasteiger partial charge on any atom is 0.192 e. The van der Waals surface area contributed by atoms with Crippen LogP contribution < -0.4 is 5.32 Å². The molecule has 4 heteroatoms. The number of ether oxygens (including phenoxy) is 1. The van der Waals surface area contributed by atoms with Gasteiger partial charge in [0.2, 0.25) is 0 Å². The summed E-state index contributed by atoms with van der Waals surface area (Å²) >= 11 is 2.02. The predicted octanol–water partition coefficient (Wildman–Crippen LogP) is 4.12. The molecule has 0 bridgehead atoms. The number of hydrogen-bond acceptors (Lipinski definition) is 4. The zero-order valence-corrected chi connectivity index (χ0v) is 15.1. The molecule has 0 aromatic carbocycles. The van der Waals surface area contributed by atoms with Crippen LogP contribution in [-0.4, -0.2) is 30.3 Å². The van der Waals surface area contributed by atoms with Crippen molar-refractivity contribution in [3.63, 3.8) is 0 Å². The van der Waals surface area contributed by atoms with Gasteiger partial charge >= 0.3 is 0 Å². The molecule has 2 saturated heterocycles. The Hall–Kier alpha value is -0.740. The van der Waals surface area contributed by atoms with E-state index >= 15 is 0 Å². The summed E-state index contributed by atoms with van der Waals surface area (Å²) < 4.78 is 29.5. The lowest BCUT2D eigenvalue weighted by Crippen LogP contribution is -2.44. The summed E-state index contributed by atoms with van der Waals surface area (Å²) in [6.45, 7) is 1.22. The third kappa shape index (κ3) is 2.33. The van der Waals surface area contributed by atoms with E-state index in [1.165, 1.54) is 17.7 Å². The van der Waals surface area contributed by atoms with Crippen LogP contribution in [0.5, 0.6) is 0 Å². The molecule has 130 valence electrons. The van der Waals surface area contributed by atoms with E-state index in [0.29, 0.717) is 41.8 Å². The molecule has 6 atom stereocenters. The fourth-order valence-corrected chi connectivity index (χ4v) is 6.86. The Morgan fingerprint density at radius 1 is 1.38 bits per heavy atom. The van der Waals surface area contributed by atoms with Crippen LogP contribution in [0, 0.1) is 23.7 Å². The third-order valence-electron chi connectivity index (χ3n) is 6.57. The molecule has 0 radical (unpaired) electrons. The number of nitrogens with one attached hydrogen (secondary N) is 1. The van der Waals surface area contributed by atoms with Gasteiger partial charge in [-0.15, -0.1) is 11.8 Å². The lowest BCUT2D eigenvalue weighted by Gasteiger charge is -2.36. The van der Waals surface area contributed by atoms with Crippen LogP contribution in [0.4, 0.5) is 0 Å². The van der Waals surface area contributed by atoms with Crippen LogP contribution in [0.15, 0.2) is 27.3 Å². The van der Waals surface area contributed by atoms with Crippen molar-refractivity contribution in [3.8, 4) is 0 Å². The van der Waals surface area contributed by atoms with E-state index in [-0.39, 0.29) is 6.23 Å². The molecule has 1 aliphatic carbocycles. The molecule has 24 heavy (non-hydrogen) atoms. The Labute approximate surface area is 153 Å². The number of nitrogens with zero attached hydrogens (tertiary/aromatic N) is 1. The molecular formula is C20H28N2OS. The van der Waals surface area contributed by atoms with Gasteiger partial charge in [0.25, 0.3) is 0 Å². The first-order chi connectivity index (χ1) is 12.9. The van der Waals surface area contributed by atoms with Gasteiger partial charge in [-0.25, -0.2) is 0 Å². The Bertz CT molecular complexity index is 729. The van der Waals surface area contributed by atoms with Crippen molar-refractivity contribution in [1.29, 1.82) is 0 Å². The molecule has 5 aliphatic rings. The van der Waals surface area contributed by atoms with Gasteiger partial charge < -0.3 is 10.1 Å². The van der Waals surface area contributed by atoms with Crippen molar-refractivity contribution in [1.82, 2.24) is 5.32 Å². The average molecular weight is 348 g/mol. The van der Waals surface area contributed by atoms with E-state index in [4.69, 9.17) is 8.85 Å². The minimum Gasteiger partial charge on any atom is -0.472 e. The van der Waals surface area contributed by atoms with Crippen molar-refractivity contribution in [2.75, 3.05) is 12.3 Å². The molecule has 2 fully saturated rings. The molecule has 4 heterocycles. The Kier molecular flexibility index (Phi) is 3.10. The zero-order chi connectivity index (χ0) is 18.8. The summed E-state index contributed by atoms with van der Waals surface area (Å²) in [5, 5.41) is 3.76. The van der Waals surface area contributed by atoms with Crippen molar-refractivity contribution in [2.24, 2.45) is 28.7 Å². The highest BCUT2D eigenvalue weighted by atomic mass is 32.2. The smallest absolute Gasteiger partial charge is 0.192 e. The van der Waals surface area contributed by atoms with Crippen LogP contribution in [0.2, 0.25) is 0 Å². The molecule has 3 nitrogen and oxygen atoms in total. The van der Waals surface area contributed by atoms with E-state index < -0.39 is 6.85 Å². The van der Waals surface area contributed by atoms with E-state index in [1.807, 2.05) is 11.8 Å². The lowest BCUT2D eigenvalue weighted by molar-refractivity contribution is 0.127. The number of thioether (sulfide) groups is 1. The topological polar surface area (TPSA) is 33.6 Å². The van der Waals surface area contributed by atoms with Crippen molar-refractivity contribution < 1.29 is 8.85 Å². The lowest BCUT2D eigenvalue weighted by atomic mass is 9.73. The Morgan fingerprint density at radius 3 is 3.25 bits per heavy atom. The van der Waals surface area contributed by atoms with Crippen molar-refractivity contribution >= 4 is 17.5 Å². The normalized spacial score (nSPS) is 46.6.